The first kappa shape index (κ1) is 20.1. The Morgan fingerprint density at radius 3 is 2.25 bits per heavy atom. The molecule has 7 nitrogen and oxygen atoms in total. The van der Waals surface area contributed by atoms with Gasteiger partial charge in [0, 0.05) is 6.54 Å². The molecule has 0 fully saturated rings. The van der Waals surface area contributed by atoms with E-state index in [1.54, 1.807) is 0 Å². The molecule has 0 amide bonds. The first-order chi connectivity index (χ1) is 11.1. The van der Waals surface area contributed by atoms with Crippen LogP contribution in [0.15, 0.2) is 24.3 Å². The number of carbonyl (C=O) groups excluding carboxylic acids is 1. The van der Waals surface area contributed by atoms with Crippen molar-refractivity contribution in [2.45, 2.75) is 26.0 Å². The van der Waals surface area contributed by atoms with Gasteiger partial charge in [0.25, 0.3) is 0 Å². The summed E-state index contributed by atoms with van der Waals surface area (Å²) in [5.74, 6) is -2.42. The van der Waals surface area contributed by atoms with Gasteiger partial charge in [-0.05, 0) is 30.0 Å². The predicted molar refractivity (Wildman–Crippen MR) is 89.0 cm³/mol. The van der Waals surface area contributed by atoms with Gasteiger partial charge in [-0.1, -0.05) is 26.0 Å². The van der Waals surface area contributed by atoms with E-state index in [1.165, 1.54) is 31.4 Å². The topological polar surface area (TPSA) is 110 Å². The minimum atomic E-state index is -3.67. The van der Waals surface area contributed by atoms with Gasteiger partial charge in [0.1, 0.15) is 0 Å². The summed E-state index contributed by atoms with van der Waals surface area (Å²) < 4.78 is 31.1. The summed E-state index contributed by atoms with van der Waals surface area (Å²) in [7, 11) is -2.40. The quantitative estimate of drug-likeness (QED) is 0.650. The van der Waals surface area contributed by atoms with Crippen molar-refractivity contribution in [3.05, 3.63) is 35.4 Å². The molecule has 0 radical (unpaired) electrons. The highest BCUT2D eigenvalue weighted by atomic mass is 32.2. The first-order valence-electron chi connectivity index (χ1n) is 7.52. The molecule has 1 aromatic carbocycles. The smallest absolute Gasteiger partial charge is 0.337 e. The van der Waals surface area contributed by atoms with E-state index in [0.29, 0.717) is 17.5 Å². The largest absolute Gasteiger partial charge is 0.481 e. The number of carboxylic acid groups (broad SMARTS) is 1. The van der Waals surface area contributed by atoms with E-state index in [0.717, 1.165) is 0 Å². The molecule has 1 unspecified atom stereocenters. The number of benzene rings is 1. The zero-order chi connectivity index (χ0) is 18.3. The number of hydrogen-bond donors (Lipinski definition) is 2. The molecule has 0 heterocycles. The van der Waals surface area contributed by atoms with Gasteiger partial charge < -0.3 is 9.84 Å². The van der Waals surface area contributed by atoms with E-state index in [-0.39, 0.29) is 18.2 Å². The van der Waals surface area contributed by atoms with E-state index < -0.39 is 27.9 Å². The molecular weight excluding hydrogens is 334 g/mol. The Morgan fingerprint density at radius 2 is 1.79 bits per heavy atom. The Balaban J connectivity index is 2.69. The standard InChI is InChI=1S/C16H23NO6S/c1-11(2)8-14(15(18)19)9-17-24(21,22)10-12-4-6-13(7-5-12)16(20)23-3/h4-7,11,14,17H,8-10H2,1-3H3,(H,18,19). The summed E-state index contributed by atoms with van der Waals surface area (Å²) in [5.41, 5.74) is 0.820. The van der Waals surface area contributed by atoms with Crippen LogP contribution in [0.3, 0.4) is 0 Å². The van der Waals surface area contributed by atoms with Gasteiger partial charge in [-0.3, -0.25) is 4.79 Å². The van der Waals surface area contributed by atoms with Crippen LogP contribution in [0.2, 0.25) is 0 Å². The summed E-state index contributed by atoms with van der Waals surface area (Å²) in [5, 5.41) is 9.14. The zero-order valence-electron chi connectivity index (χ0n) is 14.0. The number of hydrogen-bond acceptors (Lipinski definition) is 5. The molecule has 1 atom stereocenters. The summed E-state index contributed by atoms with van der Waals surface area (Å²) in [4.78, 5) is 22.5. The van der Waals surface area contributed by atoms with E-state index in [9.17, 15) is 18.0 Å². The molecule has 24 heavy (non-hydrogen) atoms. The van der Waals surface area contributed by atoms with Gasteiger partial charge in [0.2, 0.25) is 10.0 Å². The van der Waals surface area contributed by atoms with Gasteiger partial charge >= 0.3 is 11.9 Å². The van der Waals surface area contributed by atoms with Gasteiger partial charge in [-0.15, -0.1) is 0 Å². The zero-order valence-corrected chi connectivity index (χ0v) is 14.8. The maximum atomic E-state index is 12.1. The molecule has 8 heteroatoms. The van der Waals surface area contributed by atoms with Crippen molar-refractivity contribution in [1.82, 2.24) is 4.72 Å². The number of sulfonamides is 1. The molecule has 0 bridgehead atoms. The third kappa shape index (κ3) is 6.67. The number of ether oxygens (including phenoxy) is 1. The van der Waals surface area contributed by atoms with Crippen molar-refractivity contribution >= 4 is 22.0 Å². The fourth-order valence-corrected chi connectivity index (χ4v) is 3.38. The number of esters is 1. The van der Waals surface area contributed by atoms with Crippen LogP contribution in [0, 0.1) is 11.8 Å². The van der Waals surface area contributed by atoms with Gasteiger partial charge in [0.05, 0.1) is 24.3 Å². The fourth-order valence-electron chi connectivity index (χ4n) is 2.19. The van der Waals surface area contributed by atoms with Gasteiger partial charge in [-0.2, -0.15) is 0 Å². The van der Waals surface area contributed by atoms with Crippen molar-refractivity contribution in [1.29, 1.82) is 0 Å². The van der Waals surface area contributed by atoms with Crippen LogP contribution >= 0.6 is 0 Å². The lowest BCUT2D eigenvalue weighted by atomic mass is 9.98. The van der Waals surface area contributed by atoms with Crippen LogP contribution in [-0.4, -0.2) is 39.1 Å². The van der Waals surface area contributed by atoms with Crippen molar-refractivity contribution < 1.29 is 27.9 Å². The number of nitrogens with one attached hydrogen (secondary N) is 1. The summed E-state index contributed by atoms with van der Waals surface area (Å²) >= 11 is 0. The van der Waals surface area contributed by atoms with Crippen LogP contribution in [0.4, 0.5) is 0 Å². The first-order valence-corrected chi connectivity index (χ1v) is 9.17. The van der Waals surface area contributed by atoms with Crippen molar-refractivity contribution in [3.8, 4) is 0 Å². The second kappa shape index (κ2) is 8.79. The third-order valence-corrected chi connectivity index (χ3v) is 4.71. The van der Waals surface area contributed by atoms with Crippen molar-refractivity contribution in [2.24, 2.45) is 11.8 Å². The number of carboxylic acids is 1. The van der Waals surface area contributed by atoms with Crippen LogP contribution in [0.1, 0.15) is 36.2 Å². The van der Waals surface area contributed by atoms with E-state index >= 15 is 0 Å². The maximum absolute atomic E-state index is 12.1. The average Bonchev–Trinajstić information content (AvgIpc) is 2.50. The Labute approximate surface area is 142 Å². The summed E-state index contributed by atoms with van der Waals surface area (Å²) in [6.07, 6.45) is 0.395. The highest BCUT2D eigenvalue weighted by Gasteiger charge is 2.22. The van der Waals surface area contributed by atoms with Crippen LogP contribution in [-0.2, 0) is 25.3 Å². The molecule has 1 aromatic rings. The van der Waals surface area contributed by atoms with Crippen LogP contribution in [0.25, 0.3) is 0 Å². The molecule has 2 N–H and O–H groups in total. The second-order valence-corrected chi connectivity index (χ2v) is 7.77. The second-order valence-electron chi connectivity index (χ2n) is 5.96. The Hall–Kier alpha value is -1.93. The number of rotatable bonds is 9. The maximum Gasteiger partial charge on any atom is 0.337 e. The molecule has 0 spiro atoms. The Bertz CT molecular complexity index is 666. The predicted octanol–water partition coefficient (Wildman–Crippen LogP) is 1.64. The molecule has 0 saturated carbocycles. The van der Waals surface area contributed by atoms with E-state index in [4.69, 9.17) is 5.11 Å². The van der Waals surface area contributed by atoms with Crippen LogP contribution in [0.5, 0.6) is 0 Å². The lowest BCUT2D eigenvalue weighted by molar-refractivity contribution is -0.142. The summed E-state index contributed by atoms with van der Waals surface area (Å²) in [6, 6.07) is 6.01. The van der Waals surface area contributed by atoms with Gasteiger partial charge in [-0.25, -0.2) is 17.9 Å². The molecule has 0 saturated heterocycles. The highest BCUT2D eigenvalue weighted by Crippen LogP contribution is 2.13. The molecular formula is C16H23NO6S. The lowest BCUT2D eigenvalue weighted by Crippen LogP contribution is -2.34. The molecule has 0 aliphatic rings. The van der Waals surface area contributed by atoms with E-state index in [1.807, 2.05) is 13.8 Å². The van der Waals surface area contributed by atoms with Crippen LogP contribution < -0.4 is 4.72 Å². The minimum absolute atomic E-state index is 0.143. The van der Waals surface area contributed by atoms with E-state index in [2.05, 4.69) is 9.46 Å². The molecule has 134 valence electrons. The monoisotopic (exact) mass is 357 g/mol. The molecule has 0 aromatic heterocycles. The minimum Gasteiger partial charge on any atom is -0.481 e. The molecule has 0 aliphatic carbocycles. The molecule has 1 rings (SSSR count). The number of carbonyl (C=O) groups is 2. The Kier molecular flexibility index (Phi) is 7.37. The lowest BCUT2D eigenvalue weighted by Gasteiger charge is -2.15. The normalized spacial score (nSPS) is 12.8. The van der Waals surface area contributed by atoms with Gasteiger partial charge in [0.15, 0.2) is 0 Å². The molecule has 0 aliphatic heterocycles. The fraction of sp³-hybridized carbons (Fsp3) is 0.500. The number of methoxy groups -OCH3 is 1. The Morgan fingerprint density at radius 1 is 1.21 bits per heavy atom. The highest BCUT2D eigenvalue weighted by molar-refractivity contribution is 7.88. The average molecular weight is 357 g/mol. The van der Waals surface area contributed by atoms with Crippen molar-refractivity contribution in [3.63, 3.8) is 0 Å². The summed E-state index contributed by atoms with van der Waals surface area (Å²) in [6.45, 7) is 3.62. The third-order valence-electron chi connectivity index (χ3n) is 3.39. The number of aliphatic carboxylic acids is 1. The van der Waals surface area contributed by atoms with Crippen molar-refractivity contribution in [2.75, 3.05) is 13.7 Å². The SMILES string of the molecule is COC(=O)c1ccc(CS(=O)(=O)NCC(CC(C)C)C(=O)O)cc1.